The highest BCUT2D eigenvalue weighted by molar-refractivity contribution is 5.56. The summed E-state index contributed by atoms with van der Waals surface area (Å²) in [5.74, 6) is 1.21. The summed E-state index contributed by atoms with van der Waals surface area (Å²) in [5.41, 5.74) is 0.945. The highest BCUT2D eigenvalue weighted by atomic mass is 16.3. The van der Waals surface area contributed by atoms with Gasteiger partial charge in [-0.1, -0.05) is 0 Å². The average Bonchev–Trinajstić information content (AvgIpc) is 2.62. The van der Waals surface area contributed by atoms with Crippen LogP contribution in [0.3, 0.4) is 0 Å². The minimum Gasteiger partial charge on any atom is -0.508 e. The van der Waals surface area contributed by atoms with Crippen molar-refractivity contribution in [2.75, 3.05) is 5.32 Å². The molecule has 1 heterocycles. The minimum atomic E-state index is 0.275. The quantitative estimate of drug-likeness (QED) is 0.612. The summed E-state index contributed by atoms with van der Waals surface area (Å²) in [7, 11) is 0. The van der Waals surface area contributed by atoms with Gasteiger partial charge in [0.05, 0.1) is 0 Å². The molecular formula is C10H10N2O. The smallest absolute Gasteiger partial charge is 0.115 e. The molecule has 0 bridgehead atoms. The Bertz CT molecular complexity index is 364. The molecule has 0 saturated carbocycles. The van der Waals surface area contributed by atoms with Gasteiger partial charge in [-0.05, 0) is 36.4 Å². The van der Waals surface area contributed by atoms with Crippen molar-refractivity contribution in [3.05, 3.63) is 42.6 Å². The van der Waals surface area contributed by atoms with Crippen LogP contribution in [0.5, 0.6) is 5.75 Å². The Kier molecular flexibility index (Phi) is 1.92. The highest BCUT2D eigenvalue weighted by Gasteiger charge is 1.93. The number of rotatable bonds is 2. The van der Waals surface area contributed by atoms with E-state index < -0.39 is 0 Å². The first-order valence-electron chi connectivity index (χ1n) is 4.04. The molecule has 0 radical (unpaired) electrons. The van der Waals surface area contributed by atoms with Crippen molar-refractivity contribution in [2.45, 2.75) is 0 Å². The number of hydrogen-bond donors (Lipinski definition) is 3. The van der Waals surface area contributed by atoms with Gasteiger partial charge in [-0.3, -0.25) is 0 Å². The summed E-state index contributed by atoms with van der Waals surface area (Å²) in [6.45, 7) is 0. The van der Waals surface area contributed by atoms with Gasteiger partial charge >= 0.3 is 0 Å². The molecule has 0 amide bonds. The number of nitrogens with one attached hydrogen (secondary N) is 2. The number of aromatic nitrogens is 1. The van der Waals surface area contributed by atoms with E-state index in [1.54, 1.807) is 12.1 Å². The summed E-state index contributed by atoms with van der Waals surface area (Å²) >= 11 is 0. The zero-order valence-corrected chi connectivity index (χ0v) is 6.99. The third-order valence-electron chi connectivity index (χ3n) is 1.74. The van der Waals surface area contributed by atoms with Crippen molar-refractivity contribution in [1.29, 1.82) is 0 Å². The molecule has 0 unspecified atom stereocenters. The van der Waals surface area contributed by atoms with E-state index >= 15 is 0 Å². The number of benzene rings is 1. The van der Waals surface area contributed by atoms with Crippen molar-refractivity contribution in [3.8, 4) is 5.75 Å². The predicted octanol–water partition coefficient (Wildman–Crippen LogP) is 2.46. The minimum absolute atomic E-state index is 0.275. The number of aromatic hydroxyl groups is 1. The fourth-order valence-electron chi connectivity index (χ4n) is 1.11. The van der Waals surface area contributed by atoms with E-state index in [4.69, 9.17) is 5.11 Å². The average molecular weight is 174 g/mol. The molecule has 13 heavy (non-hydrogen) atoms. The summed E-state index contributed by atoms with van der Waals surface area (Å²) in [6.07, 6.45) is 1.85. The monoisotopic (exact) mass is 174 g/mol. The third kappa shape index (κ3) is 1.82. The lowest BCUT2D eigenvalue weighted by Crippen LogP contribution is -1.88. The van der Waals surface area contributed by atoms with Gasteiger partial charge in [0.1, 0.15) is 11.6 Å². The first-order valence-corrected chi connectivity index (χ1v) is 4.04. The molecule has 1 aromatic heterocycles. The molecule has 3 nitrogen and oxygen atoms in total. The van der Waals surface area contributed by atoms with Gasteiger partial charge in [-0.25, -0.2) is 0 Å². The molecule has 0 atom stereocenters. The van der Waals surface area contributed by atoms with Gasteiger partial charge in [-0.15, -0.1) is 0 Å². The maximum atomic E-state index is 9.05. The Morgan fingerprint density at radius 3 is 2.46 bits per heavy atom. The van der Waals surface area contributed by atoms with Gasteiger partial charge < -0.3 is 15.4 Å². The zero-order valence-electron chi connectivity index (χ0n) is 6.99. The molecule has 66 valence electrons. The van der Waals surface area contributed by atoms with E-state index in [1.165, 1.54) is 0 Å². The van der Waals surface area contributed by atoms with Crippen LogP contribution in [0.4, 0.5) is 11.5 Å². The van der Waals surface area contributed by atoms with E-state index in [0.29, 0.717) is 0 Å². The maximum absolute atomic E-state index is 9.05. The molecule has 0 aliphatic heterocycles. The summed E-state index contributed by atoms with van der Waals surface area (Å²) < 4.78 is 0. The summed E-state index contributed by atoms with van der Waals surface area (Å²) in [4.78, 5) is 3.03. The lowest BCUT2D eigenvalue weighted by molar-refractivity contribution is 0.475. The number of phenolic OH excluding ortho intramolecular Hbond substituents is 1. The van der Waals surface area contributed by atoms with Crippen LogP contribution < -0.4 is 5.32 Å². The van der Waals surface area contributed by atoms with E-state index in [2.05, 4.69) is 10.3 Å². The molecule has 0 aliphatic carbocycles. The molecule has 0 fully saturated rings. The first kappa shape index (κ1) is 7.73. The molecule has 0 aliphatic rings. The van der Waals surface area contributed by atoms with Crippen LogP contribution in [-0.2, 0) is 0 Å². The summed E-state index contributed by atoms with van der Waals surface area (Å²) in [5, 5.41) is 12.2. The van der Waals surface area contributed by atoms with Crippen LogP contribution in [-0.4, -0.2) is 10.1 Å². The van der Waals surface area contributed by atoms with Gasteiger partial charge in [0, 0.05) is 11.9 Å². The van der Waals surface area contributed by atoms with Gasteiger partial charge in [0.15, 0.2) is 0 Å². The summed E-state index contributed by atoms with van der Waals surface area (Å²) in [6, 6.07) is 10.8. The second-order valence-electron chi connectivity index (χ2n) is 2.76. The molecule has 2 rings (SSSR count). The van der Waals surface area contributed by atoms with Crippen molar-refractivity contribution < 1.29 is 5.11 Å². The normalized spacial score (nSPS) is 9.85. The SMILES string of the molecule is Oc1ccc(Nc2ccc[nH]2)cc1. The second-order valence-corrected chi connectivity index (χ2v) is 2.76. The Labute approximate surface area is 76.0 Å². The van der Waals surface area contributed by atoms with E-state index in [9.17, 15) is 0 Å². The highest BCUT2D eigenvalue weighted by Crippen LogP contribution is 2.17. The number of hydrogen-bond acceptors (Lipinski definition) is 2. The number of aromatic amines is 1. The van der Waals surface area contributed by atoms with Crippen LogP contribution >= 0.6 is 0 Å². The third-order valence-corrected chi connectivity index (χ3v) is 1.74. The van der Waals surface area contributed by atoms with E-state index in [0.717, 1.165) is 11.5 Å². The van der Waals surface area contributed by atoms with Crippen LogP contribution in [0.25, 0.3) is 0 Å². The fraction of sp³-hybridized carbons (Fsp3) is 0. The Balaban J connectivity index is 2.15. The topological polar surface area (TPSA) is 48.0 Å². The number of H-pyrrole nitrogens is 1. The number of anilines is 2. The lowest BCUT2D eigenvalue weighted by Gasteiger charge is -2.02. The largest absolute Gasteiger partial charge is 0.508 e. The molecule has 2 aromatic rings. The van der Waals surface area contributed by atoms with Crippen molar-refractivity contribution in [2.24, 2.45) is 0 Å². The van der Waals surface area contributed by atoms with Gasteiger partial charge in [0.25, 0.3) is 0 Å². The standard InChI is InChI=1S/C10H10N2O/c13-9-5-3-8(4-6-9)12-10-2-1-7-11-10/h1-7,11-13H. The molecule has 3 N–H and O–H groups in total. The van der Waals surface area contributed by atoms with Gasteiger partial charge in [0.2, 0.25) is 0 Å². The lowest BCUT2D eigenvalue weighted by atomic mass is 10.3. The van der Waals surface area contributed by atoms with Crippen molar-refractivity contribution in [1.82, 2.24) is 4.98 Å². The van der Waals surface area contributed by atoms with Crippen LogP contribution in [0.1, 0.15) is 0 Å². The Hall–Kier alpha value is -1.90. The van der Waals surface area contributed by atoms with E-state index in [1.807, 2.05) is 30.5 Å². The molecular weight excluding hydrogens is 164 g/mol. The van der Waals surface area contributed by atoms with E-state index in [-0.39, 0.29) is 5.75 Å². The first-order chi connectivity index (χ1) is 6.34. The fourth-order valence-corrected chi connectivity index (χ4v) is 1.11. The Morgan fingerprint density at radius 2 is 1.85 bits per heavy atom. The maximum Gasteiger partial charge on any atom is 0.115 e. The molecule has 3 heteroatoms. The Morgan fingerprint density at radius 1 is 1.08 bits per heavy atom. The van der Waals surface area contributed by atoms with Crippen LogP contribution in [0.15, 0.2) is 42.6 Å². The molecule has 1 aromatic carbocycles. The number of phenols is 1. The van der Waals surface area contributed by atoms with Gasteiger partial charge in [-0.2, -0.15) is 0 Å². The second kappa shape index (κ2) is 3.23. The molecule has 0 saturated heterocycles. The van der Waals surface area contributed by atoms with Crippen LogP contribution in [0, 0.1) is 0 Å². The predicted molar refractivity (Wildman–Crippen MR) is 52.2 cm³/mol. The van der Waals surface area contributed by atoms with Crippen LogP contribution in [0.2, 0.25) is 0 Å². The van der Waals surface area contributed by atoms with Crippen molar-refractivity contribution in [3.63, 3.8) is 0 Å². The molecule has 0 spiro atoms. The van der Waals surface area contributed by atoms with Crippen molar-refractivity contribution >= 4 is 11.5 Å². The zero-order chi connectivity index (χ0) is 9.10.